The molecule has 3 heterocycles. The lowest BCUT2D eigenvalue weighted by Gasteiger charge is -2.13. The Morgan fingerprint density at radius 2 is 2.00 bits per heavy atom. The average molecular weight is 466 g/mol. The molecule has 0 spiro atoms. The van der Waals surface area contributed by atoms with Crippen molar-refractivity contribution in [3.63, 3.8) is 0 Å². The summed E-state index contributed by atoms with van der Waals surface area (Å²) in [5, 5.41) is 18.8. The van der Waals surface area contributed by atoms with E-state index in [1.807, 2.05) is 12.1 Å². The number of aryl methyl sites for hydroxylation is 1. The van der Waals surface area contributed by atoms with E-state index in [1.54, 1.807) is 13.0 Å². The average Bonchev–Trinajstić information content (AvgIpc) is 3.22. The van der Waals surface area contributed by atoms with Crippen molar-refractivity contribution < 1.29 is 4.39 Å². The lowest BCUT2D eigenvalue weighted by atomic mass is 10.1. The van der Waals surface area contributed by atoms with Crippen molar-refractivity contribution in [2.75, 3.05) is 0 Å². The molecule has 0 aliphatic heterocycles. The standard InChI is InChI=1S/C22H13ClFN5O2S/c1-12-16(23)10-27-11-18(12)29-21(30)20-17(28(22(29)31)6-2-5-25)8-19(32-20)15-4-3-14(24)7-13(15)9-26/h3-4,7-8,10-11H,2,6H2,1H3. The fourth-order valence-corrected chi connectivity index (χ4v) is 4.69. The Labute approximate surface area is 189 Å². The molecule has 3 aromatic heterocycles. The molecule has 0 aliphatic rings. The van der Waals surface area contributed by atoms with Crippen molar-refractivity contribution in [1.82, 2.24) is 14.1 Å². The Kier molecular flexibility index (Phi) is 5.62. The number of pyridine rings is 1. The Balaban J connectivity index is 2.09. The first-order valence-corrected chi connectivity index (χ1v) is 10.5. The highest BCUT2D eigenvalue weighted by atomic mass is 35.5. The number of aromatic nitrogens is 3. The van der Waals surface area contributed by atoms with Gasteiger partial charge >= 0.3 is 5.69 Å². The number of benzene rings is 1. The molecule has 0 bridgehead atoms. The molecule has 0 saturated carbocycles. The second kappa shape index (κ2) is 8.39. The van der Waals surface area contributed by atoms with Gasteiger partial charge in [0.15, 0.2) is 0 Å². The predicted molar refractivity (Wildman–Crippen MR) is 120 cm³/mol. The molecule has 0 N–H and O–H groups in total. The number of thiophene rings is 1. The first kappa shape index (κ1) is 21.4. The smallest absolute Gasteiger partial charge is 0.291 e. The van der Waals surface area contributed by atoms with Gasteiger partial charge in [-0.3, -0.25) is 14.3 Å². The Bertz CT molecular complexity index is 1590. The maximum absolute atomic E-state index is 13.6. The molecule has 4 aromatic rings. The monoisotopic (exact) mass is 465 g/mol. The minimum atomic E-state index is -0.631. The summed E-state index contributed by atoms with van der Waals surface area (Å²) in [6.07, 6.45) is 2.84. The third-order valence-corrected chi connectivity index (χ3v) is 6.53. The summed E-state index contributed by atoms with van der Waals surface area (Å²) in [6, 6.07) is 9.37. The quantitative estimate of drug-likeness (QED) is 0.450. The van der Waals surface area contributed by atoms with Crippen LogP contribution in [0.1, 0.15) is 17.5 Å². The minimum absolute atomic E-state index is 0.0468. The van der Waals surface area contributed by atoms with Gasteiger partial charge in [-0.15, -0.1) is 11.3 Å². The van der Waals surface area contributed by atoms with E-state index in [4.69, 9.17) is 16.9 Å². The molecule has 0 radical (unpaired) electrons. The van der Waals surface area contributed by atoms with Gasteiger partial charge in [0, 0.05) is 23.2 Å². The molecule has 7 nitrogen and oxygen atoms in total. The van der Waals surface area contributed by atoms with Crippen LogP contribution < -0.4 is 11.2 Å². The van der Waals surface area contributed by atoms with Gasteiger partial charge in [0.2, 0.25) is 0 Å². The van der Waals surface area contributed by atoms with Crippen LogP contribution >= 0.6 is 22.9 Å². The SMILES string of the molecule is Cc1c(Cl)cncc1-n1c(=O)c2sc(-c3ccc(F)cc3C#N)cc2n(CCC#N)c1=O. The molecule has 4 rings (SSSR count). The van der Waals surface area contributed by atoms with Crippen molar-refractivity contribution in [2.45, 2.75) is 19.9 Å². The zero-order valence-electron chi connectivity index (χ0n) is 16.6. The van der Waals surface area contributed by atoms with Crippen LogP contribution in [0.15, 0.2) is 46.2 Å². The Morgan fingerprint density at radius 3 is 2.72 bits per heavy atom. The number of hydrogen-bond donors (Lipinski definition) is 0. The third kappa shape index (κ3) is 3.48. The van der Waals surface area contributed by atoms with E-state index < -0.39 is 17.1 Å². The number of nitriles is 2. The second-order valence-corrected chi connectivity index (χ2v) is 8.33. The van der Waals surface area contributed by atoms with Crippen LogP contribution in [0, 0.1) is 35.4 Å². The van der Waals surface area contributed by atoms with Gasteiger partial charge in [-0.05, 0) is 36.8 Å². The van der Waals surface area contributed by atoms with E-state index in [0.717, 1.165) is 22.0 Å². The molecule has 158 valence electrons. The van der Waals surface area contributed by atoms with Gasteiger partial charge in [-0.1, -0.05) is 11.6 Å². The van der Waals surface area contributed by atoms with Gasteiger partial charge < -0.3 is 0 Å². The number of rotatable bonds is 4. The molecular weight excluding hydrogens is 453 g/mol. The normalized spacial score (nSPS) is 10.8. The second-order valence-electron chi connectivity index (χ2n) is 6.88. The summed E-state index contributed by atoms with van der Waals surface area (Å²) in [5.74, 6) is -0.552. The van der Waals surface area contributed by atoms with Crippen LogP contribution in [-0.4, -0.2) is 14.1 Å². The fourth-order valence-electron chi connectivity index (χ4n) is 3.41. The van der Waals surface area contributed by atoms with Gasteiger partial charge in [0.25, 0.3) is 5.56 Å². The number of hydrogen-bond acceptors (Lipinski definition) is 6. The number of fused-ring (bicyclic) bond motifs is 1. The first-order valence-electron chi connectivity index (χ1n) is 9.34. The van der Waals surface area contributed by atoms with Crippen molar-refractivity contribution in [1.29, 1.82) is 10.5 Å². The van der Waals surface area contributed by atoms with Crippen molar-refractivity contribution in [2.24, 2.45) is 0 Å². The maximum atomic E-state index is 13.6. The summed E-state index contributed by atoms with van der Waals surface area (Å²) in [6.45, 7) is 1.73. The van der Waals surface area contributed by atoms with Crippen molar-refractivity contribution >= 4 is 33.2 Å². The summed E-state index contributed by atoms with van der Waals surface area (Å²) in [7, 11) is 0. The van der Waals surface area contributed by atoms with Crippen LogP contribution in [0.25, 0.3) is 26.3 Å². The van der Waals surface area contributed by atoms with Crippen molar-refractivity contribution in [3.8, 4) is 28.3 Å². The molecular formula is C22H13ClFN5O2S. The van der Waals surface area contributed by atoms with E-state index >= 15 is 0 Å². The van der Waals surface area contributed by atoms with Gasteiger partial charge in [0.05, 0.1) is 46.5 Å². The minimum Gasteiger partial charge on any atom is -0.291 e. The van der Waals surface area contributed by atoms with Crippen molar-refractivity contribution in [3.05, 3.63) is 79.5 Å². The molecule has 0 fully saturated rings. The van der Waals surface area contributed by atoms with Crippen LogP contribution in [0.2, 0.25) is 5.02 Å². The van der Waals surface area contributed by atoms with E-state index in [2.05, 4.69) is 4.98 Å². The largest absolute Gasteiger partial charge is 0.336 e. The highest BCUT2D eigenvalue weighted by molar-refractivity contribution is 7.22. The number of nitrogens with zero attached hydrogens (tertiary/aromatic N) is 5. The lowest BCUT2D eigenvalue weighted by Crippen LogP contribution is -2.39. The van der Waals surface area contributed by atoms with E-state index in [1.165, 1.54) is 29.1 Å². The highest BCUT2D eigenvalue weighted by Gasteiger charge is 2.20. The molecule has 0 saturated heterocycles. The van der Waals surface area contributed by atoms with E-state index in [-0.39, 0.29) is 28.9 Å². The molecule has 0 aliphatic carbocycles. The third-order valence-electron chi connectivity index (χ3n) is 5.01. The molecule has 0 atom stereocenters. The summed E-state index contributed by atoms with van der Waals surface area (Å²) in [4.78, 5) is 31.3. The topological polar surface area (TPSA) is 104 Å². The van der Waals surface area contributed by atoms with Gasteiger partial charge in [-0.25, -0.2) is 13.8 Å². The van der Waals surface area contributed by atoms with E-state index in [0.29, 0.717) is 26.5 Å². The summed E-state index contributed by atoms with van der Waals surface area (Å²) >= 11 is 7.24. The highest BCUT2D eigenvalue weighted by Crippen LogP contribution is 2.34. The fraction of sp³-hybridized carbons (Fsp3) is 0.136. The van der Waals surface area contributed by atoms with Gasteiger partial charge in [-0.2, -0.15) is 10.5 Å². The molecule has 1 aromatic carbocycles. The Morgan fingerprint density at radius 1 is 1.22 bits per heavy atom. The molecule has 0 unspecified atom stereocenters. The molecule has 0 amide bonds. The predicted octanol–water partition coefficient (Wildman–Crippen LogP) is 4.16. The first-order chi connectivity index (χ1) is 15.4. The van der Waals surface area contributed by atoms with Crippen LogP contribution in [0.4, 0.5) is 4.39 Å². The molecule has 32 heavy (non-hydrogen) atoms. The Hall–Kier alpha value is -3.79. The summed E-state index contributed by atoms with van der Waals surface area (Å²) in [5.41, 5.74) is 0.450. The zero-order chi connectivity index (χ0) is 23.0. The maximum Gasteiger partial charge on any atom is 0.336 e. The molecule has 10 heteroatoms. The zero-order valence-corrected chi connectivity index (χ0v) is 18.2. The van der Waals surface area contributed by atoms with Gasteiger partial charge in [0.1, 0.15) is 10.5 Å². The lowest BCUT2D eigenvalue weighted by molar-refractivity contribution is 0.627. The van der Waals surface area contributed by atoms with Crippen LogP contribution in [-0.2, 0) is 6.54 Å². The van der Waals surface area contributed by atoms with Crippen LogP contribution in [0.3, 0.4) is 0 Å². The van der Waals surface area contributed by atoms with Crippen LogP contribution in [0.5, 0.6) is 0 Å². The van der Waals surface area contributed by atoms with E-state index in [9.17, 15) is 19.2 Å². The summed E-state index contributed by atoms with van der Waals surface area (Å²) < 4.78 is 16.2. The number of halogens is 2.